The van der Waals surface area contributed by atoms with Gasteiger partial charge >= 0.3 is 0 Å². The number of pyridine rings is 1. The average Bonchev–Trinajstić information content (AvgIpc) is 3.47. The minimum Gasteiger partial charge on any atom is -0.369 e. The van der Waals surface area contributed by atoms with E-state index in [1.165, 1.54) is 18.2 Å². The van der Waals surface area contributed by atoms with Gasteiger partial charge in [0.05, 0.1) is 5.56 Å². The highest BCUT2D eigenvalue weighted by Crippen LogP contribution is 2.26. The van der Waals surface area contributed by atoms with E-state index in [9.17, 15) is 13.6 Å². The lowest BCUT2D eigenvalue weighted by Crippen LogP contribution is -2.37. The van der Waals surface area contributed by atoms with Crippen molar-refractivity contribution < 1.29 is 13.6 Å². The number of carbonyl (C=O) groups excluding carboxylic acids is 1. The van der Waals surface area contributed by atoms with Gasteiger partial charge in [-0.1, -0.05) is 12.1 Å². The quantitative estimate of drug-likeness (QED) is 0.602. The Bertz CT molecular complexity index is 911. The molecule has 8 heteroatoms. The number of hydrogen-bond acceptors (Lipinski definition) is 5. The van der Waals surface area contributed by atoms with Crippen LogP contribution in [0.25, 0.3) is 0 Å². The third-order valence-electron chi connectivity index (χ3n) is 5.87. The summed E-state index contributed by atoms with van der Waals surface area (Å²) in [4.78, 5) is 19.2. The van der Waals surface area contributed by atoms with Gasteiger partial charge in [0.15, 0.2) is 11.6 Å². The normalized spacial score (nSPS) is 18.4. The van der Waals surface area contributed by atoms with Crippen LogP contribution >= 0.6 is 0 Å². The van der Waals surface area contributed by atoms with Gasteiger partial charge in [-0.3, -0.25) is 4.79 Å². The predicted octanol–water partition coefficient (Wildman–Crippen LogP) is 3.10. The molecule has 0 bridgehead atoms. The number of halogens is 2. The van der Waals surface area contributed by atoms with Gasteiger partial charge in [-0.2, -0.15) is 0 Å². The lowest BCUT2D eigenvalue weighted by molar-refractivity contribution is 0.0950. The Morgan fingerprint density at radius 3 is 2.77 bits per heavy atom. The number of benzene rings is 1. The highest BCUT2D eigenvalue weighted by Gasteiger charge is 2.23. The van der Waals surface area contributed by atoms with Crippen LogP contribution in [0, 0.1) is 11.6 Å². The van der Waals surface area contributed by atoms with Crippen molar-refractivity contribution in [1.29, 1.82) is 0 Å². The van der Waals surface area contributed by atoms with Gasteiger partial charge in [-0.15, -0.1) is 0 Å². The topological polar surface area (TPSA) is 69.3 Å². The van der Waals surface area contributed by atoms with Crippen molar-refractivity contribution in [2.45, 2.75) is 38.1 Å². The summed E-state index contributed by atoms with van der Waals surface area (Å²) in [6.45, 7) is 3.41. The molecule has 2 aliphatic heterocycles. The van der Waals surface area contributed by atoms with Crippen molar-refractivity contribution in [3.05, 3.63) is 53.1 Å². The van der Waals surface area contributed by atoms with Crippen molar-refractivity contribution in [3.8, 4) is 0 Å². The number of anilines is 2. The molecule has 1 atom stereocenters. The summed E-state index contributed by atoms with van der Waals surface area (Å²) < 4.78 is 28.3. The van der Waals surface area contributed by atoms with Crippen molar-refractivity contribution >= 4 is 17.5 Å². The van der Waals surface area contributed by atoms with Gasteiger partial charge in [0, 0.05) is 32.2 Å². The molecular formula is C23H29F2N5O. The highest BCUT2D eigenvalue weighted by molar-refractivity contribution is 5.99. The predicted molar refractivity (Wildman–Crippen MR) is 118 cm³/mol. The fraction of sp³-hybridized carbons (Fsp3) is 0.478. The number of hydrogen-bond donors (Lipinski definition) is 3. The molecule has 1 aromatic heterocycles. The SMILES string of the molecule is O=C(NC[C@H]1CCCN1)c1cc(F)c(N2CCCC2)nc1NCCc1cccc(F)c1. The summed E-state index contributed by atoms with van der Waals surface area (Å²) in [5.74, 6) is -0.478. The molecule has 2 aliphatic rings. The van der Waals surface area contributed by atoms with E-state index in [-0.39, 0.29) is 29.1 Å². The van der Waals surface area contributed by atoms with Crippen LogP contribution in [-0.2, 0) is 6.42 Å². The molecule has 2 aromatic rings. The van der Waals surface area contributed by atoms with Gasteiger partial charge in [0.1, 0.15) is 11.6 Å². The maximum atomic E-state index is 14.8. The Morgan fingerprint density at radius 2 is 2.03 bits per heavy atom. The first kappa shape index (κ1) is 21.5. The van der Waals surface area contributed by atoms with E-state index < -0.39 is 5.82 Å². The summed E-state index contributed by atoms with van der Waals surface area (Å²) in [7, 11) is 0. The molecular weight excluding hydrogens is 400 g/mol. The fourth-order valence-corrected chi connectivity index (χ4v) is 4.20. The van der Waals surface area contributed by atoms with Gasteiger partial charge in [-0.05, 0) is 62.4 Å². The minimum atomic E-state index is -0.485. The number of amides is 1. The number of carbonyl (C=O) groups is 1. The second-order valence-corrected chi connectivity index (χ2v) is 8.19. The summed E-state index contributed by atoms with van der Waals surface area (Å²) in [5, 5.41) is 9.41. The van der Waals surface area contributed by atoms with Crippen LogP contribution in [0.3, 0.4) is 0 Å². The Labute approximate surface area is 181 Å². The van der Waals surface area contributed by atoms with Crippen LogP contribution in [0.4, 0.5) is 20.4 Å². The molecule has 3 N–H and O–H groups in total. The molecule has 0 radical (unpaired) electrons. The Kier molecular flexibility index (Phi) is 6.96. The molecule has 1 aromatic carbocycles. The molecule has 2 fully saturated rings. The van der Waals surface area contributed by atoms with E-state index in [4.69, 9.17) is 0 Å². The van der Waals surface area contributed by atoms with Crippen molar-refractivity contribution in [1.82, 2.24) is 15.6 Å². The first-order chi connectivity index (χ1) is 15.1. The zero-order chi connectivity index (χ0) is 21.6. The van der Waals surface area contributed by atoms with Crippen molar-refractivity contribution in [3.63, 3.8) is 0 Å². The minimum absolute atomic E-state index is 0.192. The largest absolute Gasteiger partial charge is 0.369 e. The van der Waals surface area contributed by atoms with Gasteiger partial charge < -0.3 is 20.9 Å². The van der Waals surface area contributed by atoms with Crippen LogP contribution in [0.15, 0.2) is 30.3 Å². The van der Waals surface area contributed by atoms with Crippen LogP contribution in [0.2, 0.25) is 0 Å². The van der Waals surface area contributed by atoms with E-state index in [2.05, 4.69) is 20.9 Å². The Hall–Kier alpha value is -2.74. The van der Waals surface area contributed by atoms with E-state index >= 15 is 0 Å². The molecule has 3 heterocycles. The standard InChI is InChI=1S/C23H29F2N5O/c24-17-6-3-5-16(13-17)8-10-27-21-19(23(31)28-15-18-7-4-9-26-18)14-20(25)22(29-21)30-11-1-2-12-30/h3,5-6,13-14,18,26H,1-2,4,7-12,15H2,(H,27,29)(H,28,31)/t18-/m1/s1. The maximum Gasteiger partial charge on any atom is 0.255 e. The molecule has 0 spiro atoms. The molecule has 31 heavy (non-hydrogen) atoms. The molecule has 6 nitrogen and oxygen atoms in total. The molecule has 0 unspecified atom stereocenters. The van der Waals surface area contributed by atoms with Gasteiger partial charge in [0.25, 0.3) is 5.91 Å². The molecule has 1 amide bonds. The lowest BCUT2D eigenvalue weighted by atomic mass is 10.1. The number of nitrogens with zero attached hydrogens (tertiary/aromatic N) is 2. The third kappa shape index (κ3) is 5.50. The van der Waals surface area contributed by atoms with Crippen LogP contribution in [0.5, 0.6) is 0 Å². The number of aromatic nitrogens is 1. The van der Waals surface area contributed by atoms with Crippen molar-refractivity contribution in [2.75, 3.05) is 42.9 Å². The molecule has 0 saturated carbocycles. The lowest BCUT2D eigenvalue weighted by Gasteiger charge is -2.20. The zero-order valence-corrected chi connectivity index (χ0v) is 17.6. The first-order valence-electron chi connectivity index (χ1n) is 11.1. The van der Waals surface area contributed by atoms with E-state index in [0.29, 0.717) is 25.3 Å². The molecule has 2 saturated heterocycles. The Morgan fingerprint density at radius 1 is 1.19 bits per heavy atom. The van der Waals surface area contributed by atoms with Gasteiger partial charge in [-0.25, -0.2) is 13.8 Å². The smallest absolute Gasteiger partial charge is 0.255 e. The molecule has 4 rings (SSSR count). The van der Waals surface area contributed by atoms with Crippen LogP contribution < -0.4 is 20.9 Å². The summed E-state index contributed by atoms with van der Waals surface area (Å²) in [6.07, 6.45) is 4.66. The monoisotopic (exact) mass is 429 g/mol. The summed E-state index contributed by atoms with van der Waals surface area (Å²) >= 11 is 0. The fourth-order valence-electron chi connectivity index (χ4n) is 4.20. The third-order valence-corrected chi connectivity index (χ3v) is 5.87. The second kappa shape index (κ2) is 10.0. The summed E-state index contributed by atoms with van der Waals surface area (Å²) in [6, 6.07) is 7.93. The second-order valence-electron chi connectivity index (χ2n) is 8.19. The summed E-state index contributed by atoms with van der Waals surface area (Å²) in [5.41, 5.74) is 1.03. The molecule has 166 valence electrons. The maximum absolute atomic E-state index is 14.8. The number of nitrogens with one attached hydrogen (secondary N) is 3. The molecule has 0 aliphatic carbocycles. The van der Waals surface area contributed by atoms with E-state index in [1.54, 1.807) is 6.07 Å². The van der Waals surface area contributed by atoms with Gasteiger partial charge in [0.2, 0.25) is 0 Å². The van der Waals surface area contributed by atoms with Crippen LogP contribution in [-0.4, -0.2) is 49.7 Å². The van der Waals surface area contributed by atoms with Crippen LogP contribution in [0.1, 0.15) is 41.6 Å². The first-order valence-corrected chi connectivity index (χ1v) is 11.1. The highest BCUT2D eigenvalue weighted by atomic mass is 19.1. The van der Waals surface area contributed by atoms with Crippen molar-refractivity contribution in [2.24, 2.45) is 0 Å². The Balaban J connectivity index is 1.50. The van der Waals surface area contributed by atoms with E-state index in [0.717, 1.165) is 50.9 Å². The van der Waals surface area contributed by atoms with E-state index in [1.807, 2.05) is 11.0 Å². The zero-order valence-electron chi connectivity index (χ0n) is 17.6. The number of rotatable bonds is 8. The average molecular weight is 430 g/mol.